The van der Waals surface area contributed by atoms with Gasteiger partial charge in [0.1, 0.15) is 0 Å². The molecule has 3 nitrogen and oxygen atoms in total. The van der Waals surface area contributed by atoms with E-state index in [1.54, 1.807) is 13.2 Å². The van der Waals surface area contributed by atoms with Crippen LogP contribution in [0.3, 0.4) is 0 Å². The highest BCUT2D eigenvalue weighted by Gasteiger charge is 2.11. The topological polar surface area (TPSA) is 38.3 Å². The van der Waals surface area contributed by atoms with Crippen LogP contribution in [0.15, 0.2) is 22.7 Å². The fourth-order valence-electron chi connectivity index (χ4n) is 1.24. The van der Waals surface area contributed by atoms with Gasteiger partial charge in [0, 0.05) is 18.1 Å². The fourth-order valence-corrected chi connectivity index (χ4v) is 1.68. The first-order chi connectivity index (χ1) is 7.56. The number of rotatable bonds is 4. The van der Waals surface area contributed by atoms with E-state index in [1.807, 2.05) is 26.0 Å². The van der Waals surface area contributed by atoms with Crippen LogP contribution in [0.4, 0.5) is 0 Å². The molecule has 0 spiro atoms. The average Bonchev–Trinajstić information content (AvgIpc) is 2.29. The van der Waals surface area contributed by atoms with E-state index in [9.17, 15) is 4.79 Å². The second-order valence-corrected chi connectivity index (χ2v) is 4.49. The summed E-state index contributed by atoms with van der Waals surface area (Å²) in [5.41, 5.74) is 1.70. The Morgan fingerprint density at radius 3 is 2.88 bits per heavy atom. The molecule has 0 aliphatic rings. The van der Waals surface area contributed by atoms with Gasteiger partial charge in [0.2, 0.25) is 0 Å². The van der Waals surface area contributed by atoms with E-state index in [4.69, 9.17) is 4.74 Å². The molecule has 1 amide bonds. The lowest BCUT2D eigenvalue weighted by Gasteiger charge is -2.12. The van der Waals surface area contributed by atoms with Gasteiger partial charge in [-0.05, 0) is 41.4 Å². The smallest absolute Gasteiger partial charge is 0.252 e. The minimum absolute atomic E-state index is 0.0209. The minimum Gasteiger partial charge on any atom is -0.380 e. The van der Waals surface area contributed by atoms with Crippen molar-refractivity contribution in [2.75, 3.05) is 13.7 Å². The van der Waals surface area contributed by atoms with Gasteiger partial charge < -0.3 is 10.1 Å². The van der Waals surface area contributed by atoms with Crippen LogP contribution in [0.2, 0.25) is 0 Å². The molecular weight excluding hydrogens is 270 g/mol. The van der Waals surface area contributed by atoms with Crippen molar-refractivity contribution < 1.29 is 9.53 Å². The van der Waals surface area contributed by atoms with Gasteiger partial charge in [-0.1, -0.05) is 12.1 Å². The molecule has 0 aliphatic carbocycles. The second-order valence-electron chi connectivity index (χ2n) is 3.69. The highest BCUT2D eigenvalue weighted by atomic mass is 79.9. The van der Waals surface area contributed by atoms with Crippen molar-refractivity contribution in [2.24, 2.45) is 0 Å². The molecular formula is C12H16BrNO2. The van der Waals surface area contributed by atoms with Gasteiger partial charge in [-0.2, -0.15) is 0 Å². The predicted octanol–water partition coefficient (Wildman–Crippen LogP) is 2.52. The van der Waals surface area contributed by atoms with Gasteiger partial charge in [-0.3, -0.25) is 4.79 Å². The zero-order chi connectivity index (χ0) is 12.1. The third-order valence-electron chi connectivity index (χ3n) is 2.39. The molecule has 0 saturated heterocycles. The van der Waals surface area contributed by atoms with Crippen LogP contribution in [0.25, 0.3) is 0 Å². The van der Waals surface area contributed by atoms with E-state index in [-0.39, 0.29) is 12.0 Å². The minimum atomic E-state index is -0.0838. The Kier molecular flexibility index (Phi) is 4.96. The van der Waals surface area contributed by atoms with Crippen LogP contribution in [0, 0.1) is 6.92 Å². The molecule has 0 radical (unpaired) electrons. The van der Waals surface area contributed by atoms with Crippen molar-refractivity contribution in [3.05, 3.63) is 33.8 Å². The number of benzene rings is 1. The molecule has 1 atom stereocenters. The van der Waals surface area contributed by atoms with Crippen LogP contribution in [0.5, 0.6) is 0 Å². The van der Waals surface area contributed by atoms with Gasteiger partial charge in [-0.25, -0.2) is 0 Å². The molecule has 1 aromatic rings. The lowest BCUT2D eigenvalue weighted by Crippen LogP contribution is -2.31. The molecule has 0 aliphatic heterocycles. The molecule has 0 fully saturated rings. The third kappa shape index (κ3) is 3.32. The number of aryl methyl sites for hydroxylation is 1. The maximum atomic E-state index is 11.8. The highest BCUT2D eigenvalue weighted by Crippen LogP contribution is 2.20. The largest absolute Gasteiger partial charge is 0.380 e. The number of methoxy groups -OCH3 is 1. The molecule has 1 unspecified atom stereocenters. The Labute approximate surface area is 104 Å². The van der Waals surface area contributed by atoms with E-state index in [0.29, 0.717) is 12.1 Å². The number of carbonyl (C=O) groups excluding carboxylic acids is 1. The summed E-state index contributed by atoms with van der Waals surface area (Å²) in [7, 11) is 1.62. The number of carbonyl (C=O) groups is 1. The quantitative estimate of drug-likeness (QED) is 0.923. The van der Waals surface area contributed by atoms with E-state index in [2.05, 4.69) is 21.2 Å². The van der Waals surface area contributed by atoms with Crippen molar-refractivity contribution in [2.45, 2.75) is 20.0 Å². The number of hydrogen-bond donors (Lipinski definition) is 1. The Hall–Kier alpha value is -0.870. The van der Waals surface area contributed by atoms with Crippen molar-refractivity contribution in [3.63, 3.8) is 0 Å². The fraction of sp³-hybridized carbons (Fsp3) is 0.417. The summed E-state index contributed by atoms with van der Waals surface area (Å²) >= 11 is 3.41. The summed E-state index contributed by atoms with van der Waals surface area (Å²) in [6, 6.07) is 5.62. The monoisotopic (exact) mass is 285 g/mol. The van der Waals surface area contributed by atoms with E-state index >= 15 is 0 Å². The average molecular weight is 286 g/mol. The second kappa shape index (κ2) is 6.01. The Morgan fingerprint density at radius 2 is 2.25 bits per heavy atom. The predicted molar refractivity (Wildman–Crippen MR) is 67.7 cm³/mol. The molecule has 4 heteroatoms. The van der Waals surface area contributed by atoms with Gasteiger partial charge in [-0.15, -0.1) is 0 Å². The summed E-state index contributed by atoms with van der Waals surface area (Å²) in [6.07, 6.45) is 0.0209. The Balaban J connectivity index is 2.70. The molecule has 16 heavy (non-hydrogen) atoms. The van der Waals surface area contributed by atoms with E-state index in [1.165, 1.54) is 0 Å². The number of halogens is 1. The van der Waals surface area contributed by atoms with Gasteiger partial charge in [0.05, 0.1) is 11.7 Å². The first-order valence-electron chi connectivity index (χ1n) is 5.12. The molecule has 0 bridgehead atoms. The molecule has 0 saturated carbocycles. The summed E-state index contributed by atoms with van der Waals surface area (Å²) in [5.74, 6) is -0.0838. The van der Waals surface area contributed by atoms with E-state index in [0.717, 1.165) is 10.0 Å². The molecule has 1 rings (SSSR count). The van der Waals surface area contributed by atoms with Crippen LogP contribution in [0.1, 0.15) is 22.8 Å². The zero-order valence-corrected chi connectivity index (χ0v) is 11.3. The van der Waals surface area contributed by atoms with Crippen molar-refractivity contribution in [3.8, 4) is 0 Å². The zero-order valence-electron chi connectivity index (χ0n) is 9.71. The van der Waals surface area contributed by atoms with Gasteiger partial charge >= 0.3 is 0 Å². The lowest BCUT2D eigenvalue weighted by molar-refractivity contribution is 0.0869. The summed E-state index contributed by atoms with van der Waals surface area (Å²) < 4.78 is 5.91. The Bertz CT molecular complexity index is 379. The summed E-state index contributed by atoms with van der Waals surface area (Å²) in [4.78, 5) is 11.8. The molecule has 88 valence electrons. The number of ether oxygens (including phenoxy) is 1. The third-order valence-corrected chi connectivity index (χ3v) is 3.44. The van der Waals surface area contributed by atoms with E-state index < -0.39 is 0 Å². The normalized spacial score (nSPS) is 12.2. The molecule has 0 heterocycles. The van der Waals surface area contributed by atoms with Crippen LogP contribution < -0.4 is 5.32 Å². The van der Waals surface area contributed by atoms with Crippen molar-refractivity contribution in [1.29, 1.82) is 0 Å². The van der Waals surface area contributed by atoms with Gasteiger partial charge in [0.25, 0.3) is 5.91 Å². The standard InChI is InChI=1S/C12H16BrNO2/c1-8-5-4-6-10(11(8)13)12(15)14-7-9(2)16-3/h4-6,9H,7H2,1-3H3,(H,14,15). The van der Waals surface area contributed by atoms with Gasteiger partial charge in [0.15, 0.2) is 0 Å². The maximum Gasteiger partial charge on any atom is 0.252 e. The summed E-state index contributed by atoms with van der Waals surface area (Å²) in [5, 5.41) is 2.82. The SMILES string of the molecule is COC(C)CNC(=O)c1cccc(C)c1Br. The van der Waals surface area contributed by atoms with Crippen LogP contribution in [-0.2, 0) is 4.74 Å². The number of nitrogens with one attached hydrogen (secondary N) is 1. The van der Waals surface area contributed by atoms with Crippen molar-refractivity contribution in [1.82, 2.24) is 5.32 Å². The van der Waals surface area contributed by atoms with Crippen molar-refractivity contribution >= 4 is 21.8 Å². The first kappa shape index (κ1) is 13.2. The number of hydrogen-bond acceptors (Lipinski definition) is 2. The number of amides is 1. The summed E-state index contributed by atoms with van der Waals surface area (Å²) in [6.45, 7) is 4.37. The van der Waals surface area contributed by atoms with Crippen LogP contribution in [-0.4, -0.2) is 25.7 Å². The molecule has 1 N–H and O–H groups in total. The Morgan fingerprint density at radius 1 is 1.56 bits per heavy atom. The highest BCUT2D eigenvalue weighted by molar-refractivity contribution is 9.10. The van der Waals surface area contributed by atoms with Crippen LogP contribution >= 0.6 is 15.9 Å². The molecule has 0 aromatic heterocycles. The molecule has 1 aromatic carbocycles. The first-order valence-corrected chi connectivity index (χ1v) is 5.91. The maximum absolute atomic E-state index is 11.8. The lowest BCUT2D eigenvalue weighted by atomic mass is 10.1.